The Labute approximate surface area is 183 Å². The Hall–Kier alpha value is -3.07. The van der Waals surface area contributed by atoms with Crippen LogP contribution in [0, 0.1) is 5.82 Å². The Balaban J connectivity index is 1.97. The summed E-state index contributed by atoms with van der Waals surface area (Å²) in [5, 5.41) is 15.0. The number of hydrogen-bond donors (Lipinski definition) is 2. The lowest BCUT2D eigenvalue weighted by atomic mass is 10.1. The highest BCUT2D eigenvalue weighted by Crippen LogP contribution is 2.23. The van der Waals surface area contributed by atoms with Crippen LogP contribution in [0.1, 0.15) is 53.1 Å². The molecule has 1 atom stereocenters. The van der Waals surface area contributed by atoms with Gasteiger partial charge in [-0.2, -0.15) is 0 Å². The van der Waals surface area contributed by atoms with Gasteiger partial charge in [-0.3, -0.25) is 24.1 Å². The molecule has 1 aliphatic rings. The van der Waals surface area contributed by atoms with Crippen molar-refractivity contribution in [1.29, 1.82) is 0 Å². The summed E-state index contributed by atoms with van der Waals surface area (Å²) in [4.78, 5) is 39.4. The van der Waals surface area contributed by atoms with E-state index >= 15 is 0 Å². The highest BCUT2D eigenvalue weighted by molar-refractivity contribution is 6.30. The van der Waals surface area contributed by atoms with Crippen LogP contribution in [0.25, 0.3) is 0 Å². The van der Waals surface area contributed by atoms with Gasteiger partial charge in [0, 0.05) is 36.4 Å². The van der Waals surface area contributed by atoms with E-state index in [1.165, 1.54) is 27.9 Å². The smallest absolute Gasteiger partial charge is 0.277 e. The lowest BCUT2D eigenvalue weighted by molar-refractivity contribution is 0.0721. The van der Waals surface area contributed by atoms with E-state index in [1.54, 1.807) is 12.1 Å². The number of rotatable bonds is 6. The molecule has 10 heteroatoms. The highest BCUT2D eigenvalue weighted by atomic mass is 35.5. The minimum absolute atomic E-state index is 0.0275. The third kappa shape index (κ3) is 4.36. The van der Waals surface area contributed by atoms with Gasteiger partial charge < -0.3 is 15.3 Å². The SMILES string of the molecule is CCC[C@@H](C)N1CN(C)C(=O)c2c(O)c(=O)c(C(=O)NCc3ccc(Cl)cc3F)cn21. The number of aromatic hydroxyl groups is 1. The van der Waals surface area contributed by atoms with Gasteiger partial charge in [0.15, 0.2) is 11.4 Å². The lowest BCUT2D eigenvalue weighted by Crippen LogP contribution is -2.56. The molecule has 31 heavy (non-hydrogen) atoms. The number of nitrogens with zero attached hydrogens (tertiary/aromatic N) is 3. The van der Waals surface area contributed by atoms with Crippen LogP contribution < -0.4 is 15.8 Å². The number of hydrogen-bond acceptors (Lipinski definition) is 5. The fourth-order valence-electron chi connectivity index (χ4n) is 3.54. The van der Waals surface area contributed by atoms with Crippen molar-refractivity contribution in [2.24, 2.45) is 0 Å². The van der Waals surface area contributed by atoms with Crippen molar-refractivity contribution >= 4 is 23.4 Å². The van der Waals surface area contributed by atoms with Crippen LogP contribution in [0.4, 0.5) is 4.39 Å². The van der Waals surface area contributed by atoms with Gasteiger partial charge in [-0.05, 0) is 25.5 Å². The zero-order valence-electron chi connectivity index (χ0n) is 17.5. The van der Waals surface area contributed by atoms with Gasteiger partial charge in [-0.15, -0.1) is 0 Å². The number of carbonyl (C=O) groups excluding carboxylic acids is 2. The van der Waals surface area contributed by atoms with Crippen LogP contribution in [-0.4, -0.2) is 46.3 Å². The van der Waals surface area contributed by atoms with E-state index in [4.69, 9.17) is 11.6 Å². The van der Waals surface area contributed by atoms with Crippen molar-refractivity contribution in [3.8, 4) is 5.75 Å². The maximum Gasteiger partial charge on any atom is 0.277 e. The Morgan fingerprint density at radius 3 is 2.71 bits per heavy atom. The number of aromatic nitrogens is 1. The van der Waals surface area contributed by atoms with Crippen molar-refractivity contribution < 1.29 is 19.1 Å². The predicted molar refractivity (Wildman–Crippen MR) is 114 cm³/mol. The van der Waals surface area contributed by atoms with Crippen LogP contribution in [0.15, 0.2) is 29.2 Å². The van der Waals surface area contributed by atoms with E-state index in [9.17, 15) is 23.9 Å². The standard InChI is InChI=1S/C21H24ClFN4O4/c1-4-5-12(2)27-11-25(3)21(31)17-19(29)18(28)15(10-26(17)27)20(30)24-9-13-6-7-14(22)8-16(13)23/h6-8,10,12,29H,4-5,9,11H2,1-3H3,(H,24,30)/t12-/m1/s1. The second kappa shape index (κ2) is 8.97. The number of carbonyl (C=O) groups is 2. The van der Waals surface area contributed by atoms with E-state index in [1.807, 2.05) is 13.8 Å². The van der Waals surface area contributed by atoms with Crippen molar-refractivity contribution in [3.63, 3.8) is 0 Å². The van der Waals surface area contributed by atoms with Gasteiger partial charge in [0.2, 0.25) is 5.43 Å². The zero-order chi connectivity index (χ0) is 22.9. The summed E-state index contributed by atoms with van der Waals surface area (Å²) in [5.74, 6) is -2.70. The second-order valence-corrected chi connectivity index (χ2v) is 7.99. The normalized spacial score (nSPS) is 14.4. The molecule has 0 fully saturated rings. The molecule has 8 nitrogen and oxygen atoms in total. The zero-order valence-corrected chi connectivity index (χ0v) is 18.2. The fourth-order valence-corrected chi connectivity index (χ4v) is 3.70. The van der Waals surface area contributed by atoms with Gasteiger partial charge in [-0.25, -0.2) is 4.39 Å². The summed E-state index contributed by atoms with van der Waals surface area (Å²) in [5.41, 5.74) is -1.31. The molecule has 1 aromatic carbocycles. The molecule has 0 saturated carbocycles. The fraction of sp³-hybridized carbons (Fsp3) is 0.381. The average molecular weight is 451 g/mol. The molecule has 2 heterocycles. The minimum Gasteiger partial charge on any atom is -0.502 e. The maximum absolute atomic E-state index is 14.0. The Bertz CT molecular complexity index is 1090. The Morgan fingerprint density at radius 1 is 1.35 bits per heavy atom. The third-order valence-electron chi connectivity index (χ3n) is 5.26. The Kier molecular flexibility index (Phi) is 6.54. The topological polar surface area (TPSA) is 94.9 Å². The number of amides is 2. The van der Waals surface area contributed by atoms with Crippen LogP contribution in [-0.2, 0) is 6.54 Å². The molecule has 0 radical (unpaired) electrons. The van der Waals surface area contributed by atoms with E-state index in [0.29, 0.717) is 0 Å². The molecule has 2 amide bonds. The first-order valence-electron chi connectivity index (χ1n) is 9.88. The van der Waals surface area contributed by atoms with Gasteiger partial charge in [0.1, 0.15) is 18.0 Å². The monoisotopic (exact) mass is 450 g/mol. The number of benzene rings is 1. The number of pyridine rings is 1. The van der Waals surface area contributed by atoms with Crippen molar-refractivity contribution in [2.75, 3.05) is 18.7 Å². The van der Waals surface area contributed by atoms with E-state index in [2.05, 4.69) is 5.32 Å². The summed E-state index contributed by atoms with van der Waals surface area (Å²) in [6.45, 7) is 4.02. The molecular weight excluding hydrogens is 427 g/mol. The van der Waals surface area contributed by atoms with Crippen LogP contribution in [0.2, 0.25) is 5.02 Å². The molecular formula is C21H24ClFN4O4. The van der Waals surface area contributed by atoms with Crippen molar-refractivity contribution in [1.82, 2.24) is 14.9 Å². The predicted octanol–water partition coefficient (Wildman–Crippen LogP) is 2.45. The summed E-state index contributed by atoms with van der Waals surface area (Å²) < 4.78 is 15.3. The molecule has 3 rings (SSSR count). The lowest BCUT2D eigenvalue weighted by Gasteiger charge is -2.41. The number of halogens is 2. The summed E-state index contributed by atoms with van der Waals surface area (Å²) in [7, 11) is 1.57. The molecule has 0 bridgehead atoms. The maximum atomic E-state index is 14.0. The van der Waals surface area contributed by atoms with Crippen molar-refractivity contribution in [2.45, 2.75) is 39.3 Å². The van der Waals surface area contributed by atoms with Gasteiger partial charge in [0.25, 0.3) is 11.8 Å². The van der Waals surface area contributed by atoms with Crippen LogP contribution in [0.3, 0.4) is 0 Å². The van der Waals surface area contributed by atoms with E-state index in [0.717, 1.165) is 18.9 Å². The first-order chi connectivity index (χ1) is 14.6. The molecule has 0 saturated heterocycles. The first kappa shape index (κ1) is 22.6. The third-order valence-corrected chi connectivity index (χ3v) is 5.50. The summed E-state index contributed by atoms with van der Waals surface area (Å²) in [6.07, 6.45) is 2.94. The largest absolute Gasteiger partial charge is 0.502 e. The van der Waals surface area contributed by atoms with Gasteiger partial charge in [-0.1, -0.05) is 31.0 Å². The van der Waals surface area contributed by atoms with Crippen LogP contribution >= 0.6 is 11.6 Å². The molecule has 166 valence electrons. The highest BCUT2D eigenvalue weighted by Gasteiger charge is 2.34. The summed E-state index contributed by atoms with van der Waals surface area (Å²) in [6, 6.07) is 4.01. The molecule has 1 aliphatic heterocycles. The number of fused-ring (bicyclic) bond motifs is 1. The first-order valence-corrected chi connectivity index (χ1v) is 10.3. The van der Waals surface area contributed by atoms with E-state index < -0.39 is 28.8 Å². The molecule has 2 N–H and O–H groups in total. The molecule has 1 aromatic heterocycles. The molecule has 0 spiro atoms. The average Bonchev–Trinajstić information content (AvgIpc) is 2.72. The van der Waals surface area contributed by atoms with Gasteiger partial charge in [0.05, 0.1) is 0 Å². The second-order valence-electron chi connectivity index (χ2n) is 7.55. The van der Waals surface area contributed by atoms with E-state index in [-0.39, 0.29) is 41.1 Å². The molecule has 0 aliphatic carbocycles. The quantitative estimate of drug-likeness (QED) is 0.705. The van der Waals surface area contributed by atoms with Crippen molar-refractivity contribution in [3.05, 3.63) is 62.3 Å². The minimum atomic E-state index is -0.966. The Morgan fingerprint density at radius 2 is 2.06 bits per heavy atom. The van der Waals surface area contributed by atoms with Gasteiger partial charge >= 0.3 is 0 Å². The number of nitrogens with one attached hydrogen (secondary N) is 1. The molecule has 0 unspecified atom stereocenters. The van der Waals surface area contributed by atoms with Crippen LogP contribution in [0.5, 0.6) is 5.75 Å². The molecule has 2 aromatic rings. The summed E-state index contributed by atoms with van der Waals surface area (Å²) >= 11 is 5.73.